The van der Waals surface area contributed by atoms with Gasteiger partial charge in [0.1, 0.15) is 0 Å². The molecule has 0 saturated carbocycles. The Balaban J connectivity index is 1.96. The monoisotopic (exact) mass is 294 g/mol. The normalized spacial score (nSPS) is 10.5. The zero-order valence-corrected chi connectivity index (χ0v) is 11.8. The van der Waals surface area contributed by atoms with E-state index in [1.807, 2.05) is 18.2 Å². The van der Waals surface area contributed by atoms with E-state index in [1.165, 1.54) is 0 Å². The molecule has 1 amide bonds. The maximum Gasteiger partial charge on any atom is 0.244 e. The molecule has 0 saturated heterocycles. The van der Waals surface area contributed by atoms with Crippen LogP contribution in [0, 0.1) is 0 Å². The lowest BCUT2D eigenvalue weighted by Gasteiger charge is -2.01. The van der Waals surface area contributed by atoms with Gasteiger partial charge in [0.2, 0.25) is 5.91 Å². The highest BCUT2D eigenvalue weighted by Crippen LogP contribution is 2.28. The number of hydroxylamine groups is 1. The highest BCUT2D eigenvalue weighted by molar-refractivity contribution is 6.33. The Bertz CT molecular complexity index is 583. The lowest BCUT2D eigenvalue weighted by molar-refractivity contribution is -0.133. The van der Waals surface area contributed by atoms with Crippen LogP contribution in [-0.2, 0) is 16.1 Å². The van der Waals surface area contributed by atoms with E-state index in [2.05, 4.69) is 10.5 Å². The molecule has 0 bridgehead atoms. The van der Waals surface area contributed by atoms with Crippen molar-refractivity contribution in [1.29, 1.82) is 0 Å². The molecule has 1 heterocycles. The summed E-state index contributed by atoms with van der Waals surface area (Å²) in [5.41, 5.74) is 3.10. The molecule has 2 rings (SSSR count). The summed E-state index contributed by atoms with van der Waals surface area (Å²) in [4.78, 5) is 20.3. The molecule has 1 aromatic carbocycles. The molecule has 0 atom stereocenters. The minimum Gasteiger partial charge on any atom is -0.441 e. The minimum absolute atomic E-state index is 0.204. The van der Waals surface area contributed by atoms with Crippen molar-refractivity contribution in [3.8, 4) is 11.3 Å². The van der Waals surface area contributed by atoms with Gasteiger partial charge in [-0.05, 0) is 19.1 Å². The number of carbonyl (C=O) groups is 1. The molecule has 2 aromatic rings. The van der Waals surface area contributed by atoms with Crippen LogP contribution in [0.1, 0.15) is 19.2 Å². The van der Waals surface area contributed by atoms with Crippen LogP contribution in [0.15, 0.2) is 34.9 Å². The number of aromatic nitrogens is 1. The van der Waals surface area contributed by atoms with E-state index in [9.17, 15) is 4.79 Å². The third kappa shape index (κ3) is 3.82. The Morgan fingerprint density at radius 2 is 2.25 bits per heavy atom. The molecular formula is C14H15ClN2O3. The second kappa shape index (κ2) is 7.07. The Kier molecular flexibility index (Phi) is 5.15. The maximum atomic E-state index is 11.4. The summed E-state index contributed by atoms with van der Waals surface area (Å²) in [6.07, 6.45) is 2.27. The molecule has 0 unspecified atom stereocenters. The second-order valence-electron chi connectivity index (χ2n) is 4.06. The van der Waals surface area contributed by atoms with Gasteiger partial charge < -0.3 is 4.42 Å². The number of hydrogen-bond acceptors (Lipinski definition) is 4. The van der Waals surface area contributed by atoms with Crippen LogP contribution in [0.4, 0.5) is 0 Å². The third-order valence-corrected chi connectivity index (χ3v) is 2.92. The van der Waals surface area contributed by atoms with Gasteiger partial charge in [-0.25, -0.2) is 10.5 Å². The van der Waals surface area contributed by atoms with Gasteiger partial charge in [0.15, 0.2) is 11.7 Å². The highest BCUT2D eigenvalue weighted by Gasteiger charge is 2.10. The summed E-state index contributed by atoms with van der Waals surface area (Å²) in [5.74, 6) is 0.881. The van der Waals surface area contributed by atoms with E-state index in [-0.39, 0.29) is 12.3 Å². The van der Waals surface area contributed by atoms with Crippen molar-refractivity contribution in [1.82, 2.24) is 10.5 Å². The van der Waals surface area contributed by atoms with Crippen molar-refractivity contribution < 1.29 is 14.0 Å². The van der Waals surface area contributed by atoms with Crippen molar-refractivity contribution >= 4 is 17.5 Å². The van der Waals surface area contributed by atoms with Gasteiger partial charge in [0.05, 0.1) is 17.8 Å². The highest BCUT2D eigenvalue weighted by atomic mass is 35.5. The molecule has 0 radical (unpaired) electrons. The number of hydrogen-bond donors (Lipinski definition) is 1. The van der Waals surface area contributed by atoms with Crippen molar-refractivity contribution in [2.24, 2.45) is 0 Å². The Hall–Kier alpha value is -1.85. The van der Waals surface area contributed by atoms with Crippen molar-refractivity contribution in [3.05, 3.63) is 41.4 Å². The van der Waals surface area contributed by atoms with Crippen LogP contribution in [0.5, 0.6) is 0 Å². The number of rotatable bonds is 6. The van der Waals surface area contributed by atoms with E-state index < -0.39 is 0 Å². The van der Waals surface area contributed by atoms with Crippen molar-refractivity contribution in [3.63, 3.8) is 0 Å². The molecule has 0 spiro atoms. The van der Waals surface area contributed by atoms with E-state index in [0.717, 1.165) is 5.56 Å². The van der Waals surface area contributed by atoms with Gasteiger partial charge in [0, 0.05) is 18.4 Å². The quantitative estimate of drug-likeness (QED) is 0.832. The lowest BCUT2D eigenvalue weighted by Crippen LogP contribution is -2.23. The van der Waals surface area contributed by atoms with Crippen LogP contribution < -0.4 is 5.48 Å². The number of carbonyl (C=O) groups excluding carboxylic acids is 1. The van der Waals surface area contributed by atoms with Crippen LogP contribution >= 0.6 is 11.6 Å². The average molecular weight is 295 g/mol. The fraction of sp³-hybridized carbons (Fsp3) is 0.286. The molecule has 1 N–H and O–H groups in total. The predicted octanol–water partition coefficient (Wildman–Crippen LogP) is 3.00. The zero-order valence-electron chi connectivity index (χ0n) is 11.1. The largest absolute Gasteiger partial charge is 0.441 e. The van der Waals surface area contributed by atoms with Gasteiger partial charge in [0.25, 0.3) is 0 Å². The van der Waals surface area contributed by atoms with Gasteiger partial charge in [-0.2, -0.15) is 0 Å². The van der Waals surface area contributed by atoms with Gasteiger partial charge in [-0.3, -0.25) is 9.63 Å². The minimum atomic E-state index is -0.204. The fourth-order valence-corrected chi connectivity index (χ4v) is 1.86. The van der Waals surface area contributed by atoms with E-state index >= 15 is 0 Å². The molecule has 0 fully saturated rings. The molecule has 0 aliphatic carbocycles. The zero-order chi connectivity index (χ0) is 14.4. The van der Waals surface area contributed by atoms with Crippen LogP contribution in [0.3, 0.4) is 0 Å². The summed E-state index contributed by atoms with van der Waals surface area (Å²) >= 11 is 6.08. The molecular weight excluding hydrogens is 280 g/mol. The summed E-state index contributed by atoms with van der Waals surface area (Å²) < 4.78 is 5.59. The first kappa shape index (κ1) is 14.6. The number of benzene rings is 1. The van der Waals surface area contributed by atoms with Crippen LogP contribution in [0.2, 0.25) is 5.02 Å². The number of nitrogens with zero attached hydrogens (tertiary/aromatic N) is 1. The number of amides is 1. The van der Waals surface area contributed by atoms with E-state index in [1.54, 1.807) is 19.2 Å². The fourth-order valence-electron chi connectivity index (χ4n) is 1.64. The second-order valence-corrected chi connectivity index (χ2v) is 4.46. The van der Waals surface area contributed by atoms with Gasteiger partial charge in [-0.15, -0.1) is 0 Å². The van der Waals surface area contributed by atoms with Crippen molar-refractivity contribution in [2.45, 2.75) is 19.8 Å². The predicted molar refractivity (Wildman–Crippen MR) is 75.0 cm³/mol. The standard InChI is InChI=1S/C14H15ClN2O3/c1-2-19-17-13(18)7-8-14-16-9-12(20-14)10-5-3-4-6-11(10)15/h3-6,9H,2,7-8H2,1H3,(H,17,18). The van der Waals surface area contributed by atoms with E-state index in [0.29, 0.717) is 29.7 Å². The number of aryl methyl sites for hydroxylation is 1. The van der Waals surface area contributed by atoms with Crippen LogP contribution in [-0.4, -0.2) is 17.5 Å². The first-order valence-corrected chi connectivity index (χ1v) is 6.68. The number of nitrogens with one attached hydrogen (secondary N) is 1. The summed E-state index contributed by atoms with van der Waals surface area (Å²) in [6, 6.07) is 7.36. The molecule has 20 heavy (non-hydrogen) atoms. The Morgan fingerprint density at radius 3 is 3.00 bits per heavy atom. The average Bonchev–Trinajstić information content (AvgIpc) is 2.92. The molecule has 6 heteroatoms. The molecule has 106 valence electrons. The molecule has 0 aliphatic rings. The Morgan fingerprint density at radius 1 is 1.45 bits per heavy atom. The lowest BCUT2D eigenvalue weighted by atomic mass is 10.2. The first-order chi connectivity index (χ1) is 9.70. The number of oxazole rings is 1. The first-order valence-electron chi connectivity index (χ1n) is 6.31. The SMILES string of the molecule is CCONC(=O)CCc1ncc(-c2ccccc2Cl)o1. The van der Waals surface area contributed by atoms with Crippen LogP contribution in [0.25, 0.3) is 11.3 Å². The molecule has 0 aliphatic heterocycles. The molecule has 1 aromatic heterocycles. The van der Waals surface area contributed by atoms with Gasteiger partial charge >= 0.3 is 0 Å². The third-order valence-electron chi connectivity index (χ3n) is 2.59. The molecule has 5 nitrogen and oxygen atoms in total. The maximum absolute atomic E-state index is 11.4. The topological polar surface area (TPSA) is 64.4 Å². The smallest absolute Gasteiger partial charge is 0.244 e. The van der Waals surface area contributed by atoms with Gasteiger partial charge in [-0.1, -0.05) is 23.7 Å². The van der Waals surface area contributed by atoms with E-state index in [4.69, 9.17) is 20.9 Å². The summed E-state index contributed by atoms with van der Waals surface area (Å²) in [6.45, 7) is 2.23. The summed E-state index contributed by atoms with van der Waals surface area (Å²) in [5, 5.41) is 0.601. The summed E-state index contributed by atoms with van der Waals surface area (Å²) in [7, 11) is 0. The Labute approximate surface area is 121 Å². The number of halogens is 1. The van der Waals surface area contributed by atoms with Crippen molar-refractivity contribution in [2.75, 3.05) is 6.61 Å².